The molecule has 0 aliphatic heterocycles. The van der Waals surface area contributed by atoms with Gasteiger partial charge < -0.3 is 10.2 Å². The van der Waals surface area contributed by atoms with Crippen molar-refractivity contribution in [2.75, 3.05) is 6.61 Å². The van der Waals surface area contributed by atoms with Crippen LogP contribution < -0.4 is 0 Å². The van der Waals surface area contributed by atoms with E-state index >= 15 is 0 Å². The summed E-state index contributed by atoms with van der Waals surface area (Å²) in [6, 6.07) is 0. The minimum absolute atomic E-state index is 0. The van der Waals surface area contributed by atoms with Crippen LogP contribution in [0.3, 0.4) is 0 Å². The number of hydrogen-bond acceptors (Lipinski definition) is 3. The molecule has 58 valence electrons. The number of aldehydes is 1. The standard InChI is InChI=1S/C4H6O3.H2O.Pd/c1-2-7-4(6)3-5;;/h3H,2H2,1H3;1H2;. The number of hydrogen-bond donors (Lipinski definition) is 0. The molecule has 0 aromatic rings. The Kier molecular flexibility index (Phi) is 18.9. The number of rotatable bonds is 2. The summed E-state index contributed by atoms with van der Waals surface area (Å²) >= 11 is 0. The SMILES string of the molecule is CCOC(=O)C=O.O.[Pd]. The quantitative estimate of drug-likeness (QED) is 0.260. The predicted molar refractivity (Wildman–Crippen MR) is 26.3 cm³/mol. The zero-order valence-electron chi connectivity index (χ0n) is 4.83. The fraction of sp³-hybridized carbons (Fsp3) is 0.500. The van der Waals surface area contributed by atoms with E-state index in [1.807, 2.05) is 0 Å². The van der Waals surface area contributed by atoms with Gasteiger partial charge in [0.2, 0.25) is 6.29 Å². The molecule has 2 N–H and O–H groups in total. The van der Waals surface area contributed by atoms with Crippen molar-refractivity contribution in [3.63, 3.8) is 0 Å². The van der Waals surface area contributed by atoms with Gasteiger partial charge in [-0.2, -0.15) is 0 Å². The molecule has 0 radical (unpaired) electrons. The molecule has 0 spiro atoms. The first kappa shape index (κ1) is 15.9. The van der Waals surface area contributed by atoms with Gasteiger partial charge in [0.1, 0.15) is 0 Å². The zero-order valence-corrected chi connectivity index (χ0v) is 6.38. The van der Waals surface area contributed by atoms with Gasteiger partial charge in [0, 0.05) is 20.4 Å². The molecule has 0 rings (SSSR count). The van der Waals surface area contributed by atoms with Gasteiger partial charge in [-0.1, -0.05) is 0 Å². The summed E-state index contributed by atoms with van der Waals surface area (Å²) in [6.07, 6.45) is 0.142. The molecular formula is C4H8O4Pd. The van der Waals surface area contributed by atoms with Crippen LogP contribution in [0.4, 0.5) is 0 Å². The second-order valence-corrected chi connectivity index (χ2v) is 0.870. The Balaban J connectivity index is -0.000000180. The molecule has 0 aliphatic carbocycles. The molecule has 0 saturated carbocycles. The summed E-state index contributed by atoms with van der Waals surface area (Å²) in [7, 11) is 0. The molecule has 5 heteroatoms. The summed E-state index contributed by atoms with van der Waals surface area (Å²) in [4.78, 5) is 19.2. The Hall–Kier alpha value is -0.238. The number of carbonyl (C=O) groups excluding carboxylic acids is 2. The van der Waals surface area contributed by atoms with Crippen LogP contribution in [0, 0.1) is 0 Å². The van der Waals surface area contributed by atoms with Gasteiger partial charge in [0.25, 0.3) is 0 Å². The average molecular weight is 227 g/mol. The molecule has 0 bridgehead atoms. The minimum Gasteiger partial charge on any atom is -0.460 e. The van der Waals surface area contributed by atoms with Crippen LogP contribution in [0.15, 0.2) is 0 Å². The molecule has 0 aromatic heterocycles. The van der Waals surface area contributed by atoms with Crippen LogP contribution in [0.25, 0.3) is 0 Å². The van der Waals surface area contributed by atoms with E-state index in [1.165, 1.54) is 0 Å². The largest absolute Gasteiger partial charge is 0.460 e. The van der Waals surface area contributed by atoms with Crippen molar-refractivity contribution >= 4 is 12.3 Å². The van der Waals surface area contributed by atoms with Crippen LogP contribution >= 0.6 is 0 Å². The molecule has 0 saturated heterocycles. The molecule has 9 heavy (non-hydrogen) atoms. The van der Waals surface area contributed by atoms with Crippen LogP contribution in [-0.4, -0.2) is 24.3 Å². The summed E-state index contributed by atoms with van der Waals surface area (Å²) in [5, 5.41) is 0. The van der Waals surface area contributed by atoms with Crippen LogP contribution in [0.2, 0.25) is 0 Å². The van der Waals surface area contributed by atoms with Gasteiger partial charge in [-0.05, 0) is 6.92 Å². The Morgan fingerprint density at radius 2 is 2.11 bits per heavy atom. The van der Waals surface area contributed by atoms with E-state index in [1.54, 1.807) is 6.92 Å². The van der Waals surface area contributed by atoms with Gasteiger partial charge in [-0.15, -0.1) is 0 Å². The molecule has 0 heterocycles. The molecule has 0 fully saturated rings. The fourth-order valence-corrected chi connectivity index (χ4v) is 0.176. The number of esters is 1. The second-order valence-electron chi connectivity index (χ2n) is 0.870. The normalized spacial score (nSPS) is 5.89. The molecule has 0 atom stereocenters. The predicted octanol–water partition coefficient (Wildman–Crippen LogP) is -1.08. The maximum absolute atomic E-state index is 9.82. The Morgan fingerprint density at radius 3 is 2.22 bits per heavy atom. The first-order valence-corrected chi connectivity index (χ1v) is 1.93. The first-order chi connectivity index (χ1) is 3.31. The van der Waals surface area contributed by atoms with Crippen LogP contribution in [-0.2, 0) is 34.7 Å². The topological polar surface area (TPSA) is 74.9 Å². The summed E-state index contributed by atoms with van der Waals surface area (Å²) in [5.41, 5.74) is 0. The van der Waals surface area contributed by atoms with Crippen molar-refractivity contribution in [2.24, 2.45) is 0 Å². The van der Waals surface area contributed by atoms with Gasteiger partial charge in [0.05, 0.1) is 6.61 Å². The van der Waals surface area contributed by atoms with Crippen molar-refractivity contribution < 1.29 is 40.2 Å². The van der Waals surface area contributed by atoms with Gasteiger partial charge in [0.15, 0.2) is 0 Å². The third-order valence-corrected chi connectivity index (χ3v) is 0.383. The average Bonchev–Trinajstić information content (AvgIpc) is 1.68. The zero-order chi connectivity index (χ0) is 5.70. The molecule has 0 aliphatic rings. The van der Waals surface area contributed by atoms with E-state index in [2.05, 4.69) is 4.74 Å². The number of ether oxygens (including phenoxy) is 1. The van der Waals surface area contributed by atoms with Crippen molar-refractivity contribution in [1.29, 1.82) is 0 Å². The Labute approximate surface area is 66.5 Å². The smallest absolute Gasteiger partial charge is 0.371 e. The van der Waals surface area contributed by atoms with Crippen molar-refractivity contribution in [3.8, 4) is 0 Å². The van der Waals surface area contributed by atoms with Crippen molar-refractivity contribution in [3.05, 3.63) is 0 Å². The summed E-state index contributed by atoms with van der Waals surface area (Å²) in [6.45, 7) is 1.90. The first-order valence-electron chi connectivity index (χ1n) is 1.93. The molecule has 0 aromatic carbocycles. The molecule has 0 amide bonds. The van der Waals surface area contributed by atoms with Crippen LogP contribution in [0.5, 0.6) is 0 Å². The fourth-order valence-electron chi connectivity index (χ4n) is 0.176. The maximum Gasteiger partial charge on any atom is 0.371 e. The maximum atomic E-state index is 9.82. The minimum atomic E-state index is -0.803. The van der Waals surface area contributed by atoms with E-state index in [4.69, 9.17) is 0 Å². The molecular weight excluding hydrogens is 218 g/mol. The molecule has 4 nitrogen and oxygen atoms in total. The van der Waals surface area contributed by atoms with Gasteiger partial charge in [-0.3, -0.25) is 4.79 Å². The third kappa shape index (κ3) is 11.4. The summed E-state index contributed by atoms with van der Waals surface area (Å²) in [5.74, 6) is -0.803. The molecule has 0 unspecified atom stereocenters. The van der Waals surface area contributed by atoms with E-state index in [0.29, 0.717) is 0 Å². The Morgan fingerprint density at radius 1 is 1.67 bits per heavy atom. The van der Waals surface area contributed by atoms with E-state index in [-0.39, 0.29) is 38.8 Å². The van der Waals surface area contributed by atoms with Crippen molar-refractivity contribution in [2.45, 2.75) is 6.92 Å². The monoisotopic (exact) mass is 226 g/mol. The van der Waals surface area contributed by atoms with E-state index < -0.39 is 5.97 Å². The third-order valence-electron chi connectivity index (χ3n) is 0.383. The van der Waals surface area contributed by atoms with E-state index in [0.717, 1.165) is 0 Å². The Bertz CT molecular complexity index is 82.6. The second kappa shape index (κ2) is 10.7. The van der Waals surface area contributed by atoms with Crippen molar-refractivity contribution in [1.82, 2.24) is 0 Å². The summed E-state index contributed by atoms with van der Waals surface area (Å²) < 4.78 is 4.18. The van der Waals surface area contributed by atoms with Gasteiger partial charge >= 0.3 is 5.97 Å². The number of carbonyl (C=O) groups is 2. The van der Waals surface area contributed by atoms with Crippen LogP contribution in [0.1, 0.15) is 6.92 Å². The van der Waals surface area contributed by atoms with E-state index in [9.17, 15) is 9.59 Å². The van der Waals surface area contributed by atoms with Gasteiger partial charge in [-0.25, -0.2) is 4.79 Å².